The van der Waals surface area contributed by atoms with Crippen LogP contribution in [0.2, 0.25) is 0 Å². The molecule has 1 fully saturated rings. The number of nitrogens with zero attached hydrogens (tertiary/aromatic N) is 1. The van der Waals surface area contributed by atoms with E-state index in [1.54, 1.807) is 11.3 Å². The molecule has 0 aliphatic carbocycles. The summed E-state index contributed by atoms with van der Waals surface area (Å²) < 4.78 is 0. The number of aryl methyl sites for hydroxylation is 1. The monoisotopic (exact) mass is 365 g/mol. The smallest absolute Gasteiger partial charge is 0.222 e. The molecule has 1 saturated heterocycles. The molecule has 2 heterocycles. The molecule has 1 amide bonds. The Bertz CT molecular complexity index is 668. The molecule has 4 nitrogen and oxygen atoms in total. The van der Waals surface area contributed by atoms with Crippen molar-refractivity contribution in [3.63, 3.8) is 0 Å². The van der Waals surface area contributed by atoms with Crippen molar-refractivity contribution in [1.29, 1.82) is 0 Å². The highest BCUT2D eigenvalue weighted by molar-refractivity contribution is 7.15. The molecule has 2 aromatic rings. The van der Waals surface area contributed by atoms with E-state index in [1.165, 1.54) is 6.42 Å². The molecule has 0 saturated carbocycles. The molecule has 0 radical (unpaired) electrons. The van der Waals surface area contributed by atoms with Gasteiger partial charge in [-0.1, -0.05) is 30.3 Å². The number of nitrogens with one attached hydrogen (secondary N) is 2. The fourth-order valence-electron chi connectivity index (χ4n) is 3.03. The highest BCUT2D eigenvalue weighted by Crippen LogP contribution is 2.31. The van der Waals surface area contributed by atoms with Gasteiger partial charge in [-0.05, 0) is 33.2 Å². The van der Waals surface area contributed by atoms with Gasteiger partial charge in [-0.15, -0.1) is 23.7 Å². The van der Waals surface area contributed by atoms with Crippen molar-refractivity contribution >= 4 is 29.7 Å². The van der Waals surface area contributed by atoms with Crippen LogP contribution in [-0.4, -0.2) is 23.5 Å². The number of thiazole rings is 1. The van der Waals surface area contributed by atoms with Crippen LogP contribution in [0.5, 0.6) is 0 Å². The van der Waals surface area contributed by atoms with Gasteiger partial charge >= 0.3 is 0 Å². The van der Waals surface area contributed by atoms with Crippen LogP contribution in [0.1, 0.15) is 42.8 Å². The number of carbonyl (C=O) groups excluding carboxylic acids is 1. The molecular formula is C18H24ClN3OS. The van der Waals surface area contributed by atoms with Crippen LogP contribution in [0.15, 0.2) is 30.3 Å². The fraction of sp³-hybridized carbons (Fsp3) is 0.444. The molecule has 2 unspecified atom stereocenters. The van der Waals surface area contributed by atoms with E-state index in [2.05, 4.69) is 27.8 Å². The topological polar surface area (TPSA) is 54.0 Å². The summed E-state index contributed by atoms with van der Waals surface area (Å²) in [7, 11) is 0. The number of rotatable bonds is 5. The van der Waals surface area contributed by atoms with Gasteiger partial charge in [-0.3, -0.25) is 4.79 Å². The summed E-state index contributed by atoms with van der Waals surface area (Å²) in [5.74, 6) is 0.117. The van der Waals surface area contributed by atoms with Crippen LogP contribution in [-0.2, 0) is 4.79 Å². The second kappa shape index (κ2) is 8.60. The standard InChI is InChI=1S/C18H23N3OS.ClH/c1-12(20-16(22)11-15-9-6-10-19-15)17-13(2)21-18(23-17)14-7-4-3-5-8-14;/h3-5,7-8,12,15,19H,6,9-11H2,1-2H3,(H,20,22);1H. The average Bonchev–Trinajstić information content (AvgIpc) is 3.17. The summed E-state index contributed by atoms with van der Waals surface area (Å²) >= 11 is 1.66. The van der Waals surface area contributed by atoms with Gasteiger partial charge in [-0.25, -0.2) is 4.98 Å². The van der Waals surface area contributed by atoms with Crippen molar-refractivity contribution in [2.24, 2.45) is 0 Å². The van der Waals surface area contributed by atoms with E-state index in [-0.39, 0.29) is 24.4 Å². The molecular weight excluding hydrogens is 342 g/mol. The molecule has 0 spiro atoms. The lowest BCUT2D eigenvalue weighted by Gasteiger charge is -2.15. The van der Waals surface area contributed by atoms with Crippen LogP contribution in [0.3, 0.4) is 0 Å². The predicted octanol–water partition coefficient (Wildman–Crippen LogP) is 3.86. The minimum atomic E-state index is -0.00105. The minimum Gasteiger partial charge on any atom is -0.349 e. The van der Waals surface area contributed by atoms with E-state index in [1.807, 2.05) is 32.0 Å². The van der Waals surface area contributed by atoms with Gasteiger partial charge in [0.05, 0.1) is 16.6 Å². The molecule has 130 valence electrons. The number of amides is 1. The number of aromatic nitrogens is 1. The molecule has 1 aromatic carbocycles. The van der Waals surface area contributed by atoms with E-state index in [9.17, 15) is 4.79 Å². The molecule has 1 aromatic heterocycles. The van der Waals surface area contributed by atoms with Crippen LogP contribution in [0.4, 0.5) is 0 Å². The fourth-order valence-corrected chi connectivity index (χ4v) is 4.11. The first-order valence-corrected chi connectivity index (χ1v) is 9.00. The zero-order valence-corrected chi connectivity index (χ0v) is 15.7. The Kier molecular flexibility index (Phi) is 6.78. The molecule has 24 heavy (non-hydrogen) atoms. The van der Waals surface area contributed by atoms with E-state index >= 15 is 0 Å². The van der Waals surface area contributed by atoms with E-state index < -0.39 is 0 Å². The highest BCUT2D eigenvalue weighted by atomic mass is 35.5. The number of halogens is 1. The van der Waals surface area contributed by atoms with Gasteiger partial charge in [0.2, 0.25) is 5.91 Å². The molecule has 1 aliphatic rings. The third-order valence-electron chi connectivity index (χ3n) is 4.22. The van der Waals surface area contributed by atoms with Gasteiger partial charge in [0, 0.05) is 18.0 Å². The first kappa shape index (κ1) is 18.9. The number of hydrogen-bond acceptors (Lipinski definition) is 4. The molecule has 2 atom stereocenters. The van der Waals surface area contributed by atoms with Gasteiger partial charge < -0.3 is 10.6 Å². The third kappa shape index (κ3) is 4.56. The van der Waals surface area contributed by atoms with Gasteiger partial charge in [0.25, 0.3) is 0 Å². The van der Waals surface area contributed by atoms with Crippen molar-refractivity contribution < 1.29 is 4.79 Å². The Labute approximate surface area is 153 Å². The maximum atomic E-state index is 12.2. The summed E-state index contributed by atoms with van der Waals surface area (Å²) in [5.41, 5.74) is 2.13. The van der Waals surface area contributed by atoms with Gasteiger partial charge in [0.1, 0.15) is 5.01 Å². The lowest BCUT2D eigenvalue weighted by Crippen LogP contribution is -2.33. The predicted molar refractivity (Wildman–Crippen MR) is 102 cm³/mol. The largest absolute Gasteiger partial charge is 0.349 e. The zero-order valence-electron chi connectivity index (χ0n) is 14.0. The molecule has 1 aliphatic heterocycles. The summed E-state index contributed by atoms with van der Waals surface area (Å²) in [6, 6.07) is 10.5. The van der Waals surface area contributed by atoms with Crippen LogP contribution in [0.25, 0.3) is 10.6 Å². The Morgan fingerprint density at radius 2 is 2.17 bits per heavy atom. The summed E-state index contributed by atoms with van der Waals surface area (Å²) in [6.07, 6.45) is 2.83. The Hall–Kier alpha value is -1.43. The first-order valence-electron chi connectivity index (χ1n) is 8.19. The minimum absolute atomic E-state index is 0. The van der Waals surface area contributed by atoms with Gasteiger partial charge in [0.15, 0.2) is 0 Å². The number of hydrogen-bond donors (Lipinski definition) is 2. The van der Waals surface area contributed by atoms with Crippen molar-refractivity contribution in [2.75, 3.05) is 6.54 Å². The number of carbonyl (C=O) groups is 1. The molecule has 6 heteroatoms. The van der Waals surface area contributed by atoms with E-state index in [0.29, 0.717) is 12.5 Å². The van der Waals surface area contributed by atoms with Gasteiger partial charge in [-0.2, -0.15) is 0 Å². The molecule has 2 N–H and O–H groups in total. The summed E-state index contributed by atoms with van der Waals surface area (Å²) in [4.78, 5) is 18.0. The maximum Gasteiger partial charge on any atom is 0.222 e. The van der Waals surface area contributed by atoms with Crippen molar-refractivity contribution in [1.82, 2.24) is 15.6 Å². The van der Waals surface area contributed by atoms with Crippen LogP contribution in [0, 0.1) is 6.92 Å². The quantitative estimate of drug-likeness (QED) is 0.845. The van der Waals surface area contributed by atoms with Crippen molar-refractivity contribution in [2.45, 2.75) is 45.2 Å². The Morgan fingerprint density at radius 1 is 1.42 bits per heavy atom. The lowest BCUT2D eigenvalue weighted by molar-refractivity contribution is -0.122. The third-order valence-corrected chi connectivity index (χ3v) is 5.61. The SMILES string of the molecule is Cc1nc(-c2ccccc2)sc1C(C)NC(=O)CC1CCCN1.Cl. The Balaban J connectivity index is 0.00000208. The molecule has 0 bridgehead atoms. The van der Waals surface area contributed by atoms with E-state index in [0.717, 1.165) is 34.1 Å². The normalized spacial score (nSPS) is 18.0. The van der Waals surface area contributed by atoms with Crippen LogP contribution < -0.4 is 10.6 Å². The zero-order chi connectivity index (χ0) is 16.2. The molecule has 3 rings (SSSR count). The number of benzene rings is 1. The van der Waals surface area contributed by atoms with E-state index in [4.69, 9.17) is 0 Å². The van der Waals surface area contributed by atoms with Crippen LogP contribution >= 0.6 is 23.7 Å². The van der Waals surface area contributed by atoms with Crippen molar-refractivity contribution in [3.05, 3.63) is 40.9 Å². The maximum absolute atomic E-state index is 12.2. The lowest BCUT2D eigenvalue weighted by atomic mass is 10.1. The summed E-state index contributed by atoms with van der Waals surface area (Å²) in [5, 5.41) is 7.50. The second-order valence-electron chi connectivity index (χ2n) is 6.12. The second-order valence-corrected chi connectivity index (χ2v) is 7.15. The van der Waals surface area contributed by atoms with Crippen molar-refractivity contribution in [3.8, 4) is 10.6 Å². The average molecular weight is 366 g/mol. The first-order chi connectivity index (χ1) is 11.1. The Morgan fingerprint density at radius 3 is 2.83 bits per heavy atom. The summed E-state index contributed by atoms with van der Waals surface area (Å²) in [6.45, 7) is 5.08. The highest BCUT2D eigenvalue weighted by Gasteiger charge is 2.21.